The highest BCUT2D eigenvalue weighted by Crippen LogP contribution is 2.60. The summed E-state index contributed by atoms with van der Waals surface area (Å²) in [4.78, 5) is 39.9. The van der Waals surface area contributed by atoms with Gasteiger partial charge in [-0.3, -0.25) is 18.6 Å². The number of carbonyl (C=O) groups is 2. The molecule has 6 rings (SSSR count). The molecule has 5 aromatic rings. The van der Waals surface area contributed by atoms with E-state index in [9.17, 15) is 14.5 Å². The predicted molar refractivity (Wildman–Crippen MR) is 152 cm³/mol. The van der Waals surface area contributed by atoms with Crippen molar-refractivity contribution in [1.82, 2.24) is 5.09 Å². The van der Waals surface area contributed by atoms with E-state index < -0.39 is 20.1 Å². The first-order chi connectivity index (χ1) is 18.8. The largest absolute Gasteiger partial charge is 0.601 e. The van der Waals surface area contributed by atoms with E-state index >= 15 is 0 Å². The molecule has 0 saturated carbocycles. The summed E-state index contributed by atoms with van der Waals surface area (Å²) < 4.78 is 12.5. The Bertz CT molecular complexity index is 1630. The minimum Gasteiger partial charge on any atom is -0.601 e. The van der Waals surface area contributed by atoms with Crippen molar-refractivity contribution in [2.75, 3.05) is 0 Å². The number of nitrogens with one attached hydrogen (secondary N) is 1. The molecule has 1 N–H and O–H groups in total. The van der Waals surface area contributed by atoms with Crippen LogP contribution in [0.4, 0.5) is 0 Å². The van der Waals surface area contributed by atoms with Gasteiger partial charge in [0.05, 0.1) is 12.0 Å². The number of Topliss-reactive ketones (excluding diaryl/α,β-unsaturated/α-hetero) is 2. The van der Waals surface area contributed by atoms with Crippen molar-refractivity contribution in [2.45, 2.75) is 19.9 Å². The fourth-order valence-corrected chi connectivity index (χ4v) is 7.03. The van der Waals surface area contributed by atoms with Gasteiger partial charge in [-0.15, -0.1) is 5.09 Å². The van der Waals surface area contributed by atoms with Gasteiger partial charge in [0, 0.05) is 11.1 Å². The highest BCUT2D eigenvalue weighted by Gasteiger charge is 2.46. The topological polar surface area (TPSA) is 87.7 Å². The Hall–Kier alpha value is -4.09. The second-order valence-electron chi connectivity index (χ2n) is 9.72. The lowest BCUT2D eigenvalue weighted by molar-refractivity contribution is -0.207. The minimum absolute atomic E-state index is 0.344. The first kappa shape index (κ1) is 25.2. The van der Waals surface area contributed by atoms with Crippen LogP contribution in [-0.4, -0.2) is 11.6 Å². The van der Waals surface area contributed by atoms with E-state index in [1.54, 1.807) is 36.4 Å². The number of benzene rings is 5. The maximum Gasteiger partial charge on any atom is 0.409 e. The molecule has 5 aromatic carbocycles. The quantitative estimate of drug-likeness (QED) is 0.195. The molecule has 1 aliphatic heterocycles. The predicted octanol–water partition coefficient (Wildman–Crippen LogP) is 6.59. The second kappa shape index (κ2) is 9.90. The van der Waals surface area contributed by atoms with Crippen molar-refractivity contribution in [2.24, 2.45) is 5.92 Å². The lowest BCUT2D eigenvalue weighted by Gasteiger charge is -2.32. The molecule has 1 atom stereocenters. The molecule has 0 aliphatic carbocycles. The van der Waals surface area contributed by atoms with E-state index in [0.29, 0.717) is 17.1 Å². The van der Waals surface area contributed by atoms with E-state index in [-0.39, 0.29) is 11.6 Å². The van der Waals surface area contributed by atoms with Gasteiger partial charge in [-0.2, -0.15) is 0 Å². The fraction of sp³-hybridized carbons (Fsp3) is 0.125. The molecule has 0 saturated heterocycles. The van der Waals surface area contributed by atoms with Crippen LogP contribution in [0.2, 0.25) is 0 Å². The average Bonchev–Trinajstić information content (AvgIpc) is 3.06. The zero-order valence-corrected chi connectivity index (χ0v) is 22.4. The second-order valence-corrected chi connectivity index (χ2v) is 11.3. The molecule has 0 fully saturated rings. The molecule has 0 bridgehead atoms. The Morgan fingerprint density at radius 1 is 0.667 bits per heavy atom. The van der Waals surface area contributed by atoms with Crippen molar-refractivity contribution >= 4 is 41.2 Å². The van der Waals surface area contributed by atoms with Crippen LogP contribution in [0.3, 0.4) is 0 Å². The molecule has 39 heavy (non-hydrogen) atoms. The third-order valence-corrected chi connectivity index (χ3v) is 8.60. The van der Waals surface area contributed by atoms with Gasteiger partial charge in [-0.05, 0) is 53.1 Å². The monoisotopic (exact) mass is 535 g/mol. The summed E-state index contributed by atoms with van der Waals surface area (Å²) in [5.41, 5.74) is 2.16. The van der Waals surface area contributed by atoms with Crippen LogP contribution in [0.15, 0.2) is 103 Å². The van der Waals surface area contributed by atoms with Crippen molar-refractivity contribution < 1.29 is 23.5 Å². The third kappa shape index (κ3) is 4.57. The van der Waals surface area contributed by atoms with Gasteiger partial charge in [0.2, 0.25) is 0 Å². The number of ketones is 2. The molecular weight excluding hydrogens is 509 g/mol. The van der Waals surface area contributed by atoms with Crippen LogP contribution in [0.1, 0.15) is 25.5 Å². The lowest BCUT2D eigenvalue weighted by atomic mass is 9.88. The minimum atomic E-state index is -4.19. The molecule has 1 heterocycles. The molecule has 0 aromatic heterocycles. The summed E-state index contributed by atoms with van der Waals surface area (Å²) in [6.45, 7) is 2.72. The molecule has 194 valence electrons. The SMILES string of the molecule is CC(=O)C(C(C)=O)[C@@H](N[P+]1([O-])Oc2ccc3ccccc3c2-c2c(ccc3ccccc23)O1)c1ccccc1. The summed E-state index contributed by atoms with van der Waals surface area (Å²) in [7, 11) is -4.19. The Kier molecular flexibility index (Phi) is 6.40. The molecule has 7 heteroatoms. The van der Waals surface area contributed by atoms with Gasteiger partial charge in [-0.1, -0.05) is 91.0 Å². The summed E-state index contributed by atoms with van der Waals surface area (Å²) in [5, 5.41) is 6.85. The molecule has 0 spiro atoms. The average molecular weight is 536 g/mol. The first-order valence-electron chi connectivity index (χ1n) is 12.7. The Labute approximate surface area is 226 Å². The van der Waals surface area contributed by atoms with Gasteiger partial charge in [0.25, 0.3) is 0 Å². The van der Waals surface area contributed by atoms with E-state index in [4.69, 9.17) is 9.05 Å². The van der Waals surface area contributed by atoms with E-state index in [1.165, 1.54) is 13.8 Å². The number of rotatable bonds is 6. The van der Waals surface area contributed by atoms with Crippen molar-refractivity contribution in [3.05, 3.63) is 109 Å². The Morgan fingerprint density at radius 2 is 1.13 bits per heavy atom. The molecule has 0 amide bonds. The standard InChI is InChI=1S/C32H26NO5P/c1-20(34)29(21(2)35)32(24-12-4-3-5-13-24)33-39(36)37-27-18-16-22-10-6-8-14-25(22)30(27)31-26-15-9-7-11-23(26)17-19-28(31)38-39/h3-19,29,32H,1-2H3,(H,33,36)/t32-/m0/s1. The van der Waals surface area contributed by atoms with E-state index in [2.05, 4.69) is 5.09 Å². The summed E-state index contributed by atoms with van der Waals surface area (Å²) in [6, 6.07) is 31.3. The smallest absolute Gasteiger partial charge is 0.409 e. The van der Waals surface area contributed by atoms with Gasteiger partial charge in [0.15, 0.2) is 11.5 Å². The lowest BCUT2D eigenvalue weighted by Crippen LogP contribution is -2.42. The zero-order chi connectivity index (χ0) is 27.1. The summed E-state index contributed by atoms with van der Waals surface area (Å²) in [5.74, 6) is -1.01. The highest BCUT2D eigenvalue weighted by atomic mass is 31.2. The normalized spacial score (nSPS) is 14.6. The van der Waals surface area contributed by atoms with Crippen molar-refractivity contribution in [3.63, 3.8) is 0 Å². The molecule has 0 unspecified atom stereocenters. The van der Waals surface area contributed by atoms with Gasteiger partial charge in [0.1, 0.15) is 11.6 Å². The van der Waals surface area contributed by atoms with Gasteiger partial charge >= 0.3 is 8.09 Å². The maximum absolute atomic E-state index is 14.6. The molecular formula is C32H26NO5P. The zero-order valence-electron chi connectivity index (χ0n) is 21.5. The van der Waals surface area contributed by atoms with Gasteiger partial charge < -0.3 is 4.89 Å². The third-order valence-electron chi connectivity index (χ3n) is 7.13. The Morgan fingerprint density at radius 3 is 1.62 bits per heavy atom. The molecule has 1 aliphatic rings. The van der Waals surface area contributed by atoms with Crippen LogP contribution in [-0.2, 0) is 9.59 Å². The van der Waals surface area contributed by atoms with Crippen LogP contribution < -0.4 is 19.0 Å². The number of hydrogen-bond donors (Lipinski definition) is 1. The summed E-state index contributed by atoms with van der Waals surface area (Å²) in [6.07, 6.45) is 0. The van der Waals surface area contributed by atoms with Crippen LogP contribution in [0.5, 0.6) is 11.5 Å². The Balaban J connectivity index is 1.57. The maximum atomic E-state index is 14.6. The number of hydrogen-bond acceptors (Lipinski definition) is 6. The fourth-order valence-electron chi connectivity index (χ4n) is 5.43. The van der Waals surface area contributed by atoms with Crippen LogP contribution in [0.25, 0.3) is 32.7 Å². The number of carbonyl (C=O) groups excluding carboxylic acids is 2. The molecule has 0 radical (unpaired) electrons. The van der Waals surface area contributed by atoms with E-state index in [0.717, 1.165) is 32.7 Å². The van der Waals surface area contributed by atoms with Crippen LogP contribution in [0, 0.1) is 5.92 Å². The van der Waals surface area contributed by atoms with Crippen molar-refractivity contribution in [1.29, 1.82) is 0 Å². The number of fused-ring (bicyclic) bond motifs is 7. The van der Waals surface area contributed by atoms with Crippen molar-refractivity contribution in [3.8, 4) is 22.6 Å². The van der Waals surface area contributed by atoms with E-state index in [1.807, 2.05) is 66.7 Å². The summed E-state index contributed by atoms with van der Waals surface area (Å²) >= 11 is 0. The first-order valence-corrected chi connectivity index (χ1v) is 14.3. The highest BCUT2D eigenvalue weighted by molar-refractivity contribution is 7.57. The van der Waals surface area contributed by atoms with Gasteiger partial charge in [-0.25, -0.2) is 0 Å². The van der Waals surface area contributed by atoms with Crippen LogP contribution >= 0.6 is 8.09 Å². The molecule has 6 nitrogen and oxygen atoms in total.